The number of H-pyrrole nitrogens is 1. The number of carbonyl (C=O) groups excluding carboxylic acids is 1. The third-order valence-electron chi connectivity index (χ3n) is 6.74. The van der Waals surface area contributed by atoms with E-state index in [1.165, 1.54) is 0 Å². The molecule has 8 nitrogen and oxygen atoms in total. The Hall–Kier alpha value is -5.63. The van der Waals surface area contributed by atoms with Crippen molar-refractivity contribution in [1.82, 2.24) is 19.6 Å². The Balaban J connectivity index is 1.21. The van der Waals surface area contributed by atoms with E-state index in [9.17, 15) is 9.59 Å². The van der Waals surface area contributed by atoms with Crippen LogP contribution in [0.1, 0.15) is 5.56 Å². The first-order valence-corrected chi connectivity index (χ1v) is 13.1. The number of benzene rings is 4. The maximum atomic E-state index is 12.7. The van der Waals surface area contributed by atoms with Crippen LogP contribution in [-0.2, 0) is 11.2 Å². The molecular weight excluding hydrogens is 514 g/mol. The number of anilines is 1. The molecule has 6 aromatic rings. The van der Waals surface area contributed by atoms with Gasteiger partial charge in [-0.05, 0) is 66.7 Å². The van der Waals surface area contributed by atoms with E-state index in [2.05, 4.69) is 10.4 Å². The summed E-state index contributed by atoms with van der Waals surface area (Å²) >= 11 is 0. The summed E-state index contributed by atoms with van der Waals surface area (Å²) in [4.78, 5) is 25.1. The number of carbonyl (C=O) groups is 1. The lowest BCUT2D eigenvalue weighted by Gasteiger charge is -2.08. The van der Waals surface area contributed by atoms with Gasteiger partial charge in [-0.3, -0.25) is 19.4 Å². The Labute approximate surface area is 236 Å². The van der Waals surface area contributed by atoms with Crippen molar-refractivity contribution in [1.29, 1.82) is 0 Å². The molecule has 202 valence electrons. The quantitative estimate of drug-likeness (QED) is 0.252. The SMILES string of the molecule is COc1ccc(-c2cc(-c3ccc(NC(=O)Cc4cn(-c5ccccc5)[nH]c4=O)cc3)nn2-c2ccccc2)cc1. The number of ether oxygens (including phenoxy) is 1. The molecule has 0 saturated heterocycles. The summed E-state index contributed by atoms with van der Waals surface area (Å²) in [7, 11) is 1.65. The zero-order valence-corrected chi connectivity index (χ0v) is 22.3. The van der Waals surface area contributed by atoms with Crippen molar-refractivity contribution < 1.29 is 9.53 Å². The number of hydrogen-bond donors (Lipinski definition) is 2. The first-order chi connectivity index (χ1) is 20.1. The van der Waals surface area contributed by atoms with Crippen LogP contribution in [0.25, 0.3) is 33.9 Å². The number of nitrogens with zero attached hydrogens (tertiary/aromatic N) is 3. The van der Waals surface area contributed by atoms with Crippen molar-refractivity contribution >= 4 is 11.6 Å². The van der Waals surface area contributed by atoms with Crippen molar-refractivity contribution in [2.45, 2.75) is 6.42 Å². The highest BCUT2D eigenvalue weighted by molar-refractivity contribution is 5.92. The van der Waals surface area contributed by atoms with Gasteiger partial charge >= 0.3 is 0 Å². The number of aromatic nitrogens is 4. The number of nitrogens with one attached hydrogen (secondary N) is 2. The summed E-state index contributed by atoms with van der Waals surface area (Å²) in [5.41, 5.74) is 6.15. The van der Waals surface area contributed by atoms with Crippen LogP contribution in [0.2, 0.25) is 0 Å². The number of aromatic amines is 1. The molecule has 2 heterocycles. The summed E-state index contributed by atoms with van der Waals surface area (Å²) in [5, 5.41) is 10.6. The molecule has 0 aliphatic rings. The molecule has 0 atom stereocenters. The van der Waals surface area contributed by atoms with E-state index >= 15 is 0 Å². The summed E-state index contributed by atoms with van der Waals surface area (Å²) in [6.45, 7) is 0. The van der Waals surface area contributed by atoms with Crippen molar-refractivity contribution in [2.24, 2.45) is 0 Å². The summed E-state index contributed by atoms with van der Waals surface area (Å²) in [5.74, 6) is 0.514. The first kappa shape index (κ1) is 25.6. The molecule has 2 aromatic heterocycles. The maximum absolute atomic E-state index is 12.7. The minimum atomic E-state index is -0.291. The largest absolute Gasteiger partial charge is 0.497 e. The minimum absolute atomic E-state index is 0.0381. The Morgan fingerprint density at radius 2 is 1.46 bits per heavy atom. The second kappa shape index (κ2) is 11.2. The maximum Gasteiger partial charge on any atom is 0.268 e. The molecule has 0 fully saturated rings. The van der Waals surface area contributed by atoms with Gasteiger partial charge in [0.1, 0.15) is 5.75 Å². The van der Waals surface area contributed by atoms with Crippen LogP contribution < -0.4 is 15.6 Å². The van der Waals surface area contributed by atoms with E-state index in [0.717, 1.165) is 39.6 Å². The average molecular weight is 542 g/mol. The highest BCUT2D eigenvalue weighted by Crippen LogP contribution is 2.30. The highest BCUT2D eigenvalue weighted by Gasteiger charge is 2.15. The number of methoxy groups -OCH3 is 1. The lowest BCUT2D eigenvalue weighted by molar-refractivity contribution is -0.115. The Bertz CT molecular complexity index is 1840. The summed E-state index contributed by atoms with van der Waals surface area (Å²) in [6, 6.07) is 36.8. The fraction of sp³-hybridized carbons (Fsp3) is 0.0606. The van der Waals surface area contributed by atoms with Crippen molar-refractivity contribution in [3.05, 3.63) is 137 Å². The van der Waals surface area contributed by atoms with Gasteiger partial charge in [-0.2, -0.15) is 5.10 Å². The van der Waals surface area contributed by atoms with E-state index in [4.69, 9.17) is 9.84 Å². The van der Waals surface area contributed by atoms with E-state index in [-0.39, 0.29) is 17.9 Å². The molecule has 1 amide bonds. The molecule has 0 aliphatic carbocycles. The molecule has 0 unspecified atom stereocenters. The molecule has 2 N–H and O–H groups in total. The second-order valence-electron chi connectivity index (χ2n) is 9.49. The highest BCUT2D eigenvalue weighted by atomic mass is 16.5. The third-order valence-corrected chi connectivity index (χ3v) is 6.74. The number of para-hydroxylation sites is 2. The van der Waals surface area contributed by atoms with Gasteiger partial charge in [0.25, 0.3) is 5.56 Å². The Morgan fingerprint density at radius 3 is 2.12 bits per heavy atom. The standard InChI is InChI=1S/C33H27N5O3/c1-41-29-18-14-24(15-19-29)31-21-30(35-38(31)28-10-6-3-7-11-28)23-12-16-26(17-13-23)34-32(39)20-25-22-37(36-33(25)40)27-8-4-2-5-9-27/h2-19,21-22H,20H2,1H3,(H,34,39)(H,36,40). The van der Waals surface area contributed by atoms with Gasteiger partial charge in [0.2, 0.25) is 5.91 Å². The Kier molecular flexibility index (Phi) is 7.02. The van der Waals surface area contributed by atoms with Crippen molar-refractivity contribution in [2.75, 3.05) is 12.4 Å². The van der Waals surface area contributed by atoms with E-state index in [1.807, 2.05) is 120 Å². The van der Waals surface area contributed by atoms with Gasteiger partial charge in [-0.1, -0.05) is 48.5 Å². The summed E-state index contributed by atoms with van der Waals surface area (Å²) < 4.78 is 8.86. The van der Waals surface area contributed by atoms with Gasteiger partial charge < -0.3 is 10.1 Å². The summed E-state index contributed by atoms with van der Waals surface area (Å²) in [6.07, 6.45) is 1.62. The Morgan fingerprint density at radius 1 is 0.829 bits per heavy atom. The smallest absolute Gasteiger partial charge is 0.268 e. The second-order valence-corrected chi connectivity index (χ2v) is 9.49. The van der Waals surface area contributed by atoms with Gasteiger partial charge in [0.15, 0.2) is 0 Å². The van der Waals surface area contributed by atoms with Crippen LogP contribution in [0.3, 0.4) is 0 Å². The molecule has 0 radical (unpaired) electrons. The predicted molar refractivity (Wildman–Crippen MR) is 160 cm³/mol. The zero-order chi connectivity index (χ0) is 28.2. The molecule has 4 aromatic carbocycles. The predicted octanol–water partition coefficient (Wildman–Crippen LogP) is 5.88. The molecule has 0 spiro atoms. The molecule has 0 aliphatic heterocycles. The molecule has 41 heavy (non-hydrogen) atoms. The normalized spacial score (nSPS) is 10.9. The van der Waals surface area contributed by atoms with Crippen molar-refractivity contribution in [3.8, 4) is 39.6 Å². The molecular formula is C33H27N5O3. The molecule has 8 heteroatoms. The number of hydrogen-bond acceptors (Lipinski definition) is 4. The van der Waals surface area contributed by atoms with Crippen LogP contribution in [0, 0.1) is 0 Å². The fourth-order valence-electron chi connectivity index (χ4n) is 4.64. The monoisotopic (exact) mass is 541 g/mol. The van der Waals surface area contributed by atoms with Gasteiger partial charge in [-0.15, -0.1) is 0 Å². The van der Waals surface area contributed by atoms with Crippen LogP contribution in [0.4, 0.5) is 5.69 Å². The van der Waals surface area contributed by atoms with Gasteiger partial charge in [0.05, 0.1) is 36.3 Å². The lowest BCUT2D eigenvalue weighted by Crippen LogP contribution is -2.18. The zero-order valence-electron chi connectivity index (χ0n) is 22.3. The minimum Gasteiger partial charge on any atom is -0.497 e. The van der Waals surface area contributed by atoms with Crippen LogP contribution in [-0.4, -0.2) is 32.6 Å². The van der Waals surface area contributed by atoms with E-state index in [0.29, 0.717) is 11.3 Å². The number of amides is 1. The fourth-order valence-corrected chi connectivity index (χ4v) is 4.64. The van der Waals surface area contributed by atoms with Gasteiger partial charge in [-0.25, -0.2) is 4.68 Å². The van der Waals surface area contributed by atoms with Gasteiger partial charge in [0, 0.05) is 28.6 Å². The molecule has 6 rings (SSSR count). The topological polar surface area (TPSA) is 93.9 Å². The van der Waals surface area contributed by atoms with E-state index < -0.39 is 0 Å². The number of rotatable bonds is 8. The first-order valence-electron chi connectivity index (χ1n) is 13.1. The lowest BCUT2D eigenvalue weighted by atomic mass is 10.1. The van der Waals surface area contributed by atoms with Crippen LogP contribution >= 0.6 is 0 Å². The van der Waals surface area contributed by atoms with Crippen LogP contribution in [0.5, 0.6) is 5.75 Å². The third kappa shape index (κ3) is 5.58. The molecule has 0 bridgehead atoms. The van der Waals surface area contributed by atoms with Crippen LogP contribution in [0.15, 0.2) is 126 Å². The average Bonchev–Trinajstić information content (AvgIpc) is 3.62. The van der Waals surface area contributed by atoms with Crippen molar-refractivity contribution in [3.63, 3.8) is 0 Å². The molecule has 0 saturated carbocycles. The van der Waals surface area contributed by atoms with E-state index in [1.54, 1.807) is 18.0 Å².